The number of thiophene rings is 1. The number of hydrazone groups is 1. The average Bonchev–Trinajstić information content (AvgIpc) is 3.50. The van der Waals surface area contributed by atoms with Crippen LogP contribution in [0.25, 0.3) is 0 Å². The predicted octanol–water partition coefficient (Wildman–Crippen LogP) is 6.81. The molecule has 0 aliphatic carbocycles. The number of anilines is 2. The van der Waals surface area contributed by atoms with Gasteiger partial charge >= 0.3 is 6.09 Å². The number of imide groups is 1. The largest absolute Gasteiger partial charge is 0.443 e. The number of amides is 2. The van der Waals surface area contributed by atoms with Gasteiger partial charge in [0.2, 0.25) is 0 Å². The van der Waals surface area contributed by atoms with Crippen molar-refractivity contribution >= 4 is 40.4 Å². The van der Waals surface area contributed by atoms with Gasteiger partial charge in [-0.15, -0.1) is 11.3 Å². The summed E-state index contributed by atoms with van der Waals surface area (Å²) in [4.78, 5) is 30.5. The Kier molecular flexibility index (Phi) is 5.59. The van der Waals surface area contributed by atoms with E-state index >= 15 is 0 Å². The lowest BCUT2D eigenvalue weighted by molar-refractivity contribution is -0.125. The highest BCUT2D eigenvalue weighted by molar-refractivity contribution is 7.12. The minimum Gasteiger partial charge on any atom is -0.443 e. The molecule has 2 amide bonds. The zero-order chi connectivity index (χ0) is 25.9. The van der Waals surface area contributed by atoms with Crippen LogP contribution in [0.2, 0.25) is 0 Å². The standard InChI is InChI=1S/C29H31N3O3S/c1-27(2,3)24-23(22-17-12-18-36-22)30-32(19-13-8-7-9-14-19)29(24)20-15-10-11-16-21(20)31(25(29)33)26(34)35-28(4,5)6/h7-18,24H,1-6H3/t24-,29+/m0/s1. The maximum atomic E-state index is 14.8. The molecule has 3 heterocycles. The molecule has 3 aromatic rings. The van der Waals surface area contributed by atoms with E-state index in [1.165, 1.54) is 4.90 Å². The third-order valence-electron chi connectivity index (χ3n) is 6.53. The molecule has 2 atom stereocenters. The highest BCUT2D eigenvalue weighted by Crippen LogP contribution is 2.58. The van der Waals surface area contributed by atoms with Crippen molar-refractivity contribution in [3.63, 3.8) is 0 Å². The Morgan fingerprint density at radius 1 is 0.944 bits per heavy atom. The normalized spacial score (nSPS) is 21.7. The van der Waals surface area contributed by atoms with Crippen LogP contribution < -0.4 is 9.91 Å². The van der Waals surface area contributed by atoms with Gasteiger partial charge in [0.05, 0.1) is 22.0 Å². The van der Waals surface area contributed by atoms with Gasteiger partial charge in [-0.2, -0.15) is 5.10 Å². The summed E-state index contributed by atoms with van der Waals surface area (Å²) in [5.74, 6) is -0.693. The van der Waals surface area contributed by atoms with Crippen LogP contribution in [0, 0.1) is 11.3 Å². The molecule has 1 aromatic heterocycles. The number of benzene rings is 2. The van der Waals surface area contributed by atoms with Crippen molar-refractivity contribution in [1.82, 2.24) is 0 Å². The van der Waals surface area contributed by atoms with E-state index in [-0.39, 0.29) is 17.2 Å². The average molecular weight is 502 g/mol. The van der Waals surface area contributed by atoms with Crippen molar-refractivity contribution in [2.24, 2.45) is 16.4 Å². The predicted molar refractivity (Wildman–Crippen MR) is 145 cm³/mol. The zero-order valence-corrected chi connectivity index (χ0v) is 22.3. The van der Waals surface area contributed by atoms with Crippen molar-refractivity contribution in [2.75, 3.05) is 9.91 Å². The van der Waals surface area contributed by atoms with Crippen LogP contribution >= 0.6 is 11.3 Å². The fraction of sp³-hybridized carbons (Fsp3) is 0.345. The number of para-hydroxylation sites is 2. The molecule has 0 saturated heterocycles. The molecule has 0 radical (unpaired) electrons. The quantitative estimate of drug-likeness (QED) is 0.387. The van der Waals surface area contributed by atoms with Gasteiger partial charge in [0.15, 0.2) is 5.54 Å². The Morgan fingerprint density at radius 2 is 1.61 bits per heavy atom. The molecule has 0 unspecified atom stereocenters. The molecule has 36 heavy (non-hydrogen) atoms. The van der Waals surface area contributed by atoms with E-state index in [9.17, 15) is 9.59 Å². The number of ether oxygens (including phenoxy) is 1. The first-order valence-corrected chi connectivity index (χ1v) is 13.0. The topological polar surface area (TPSA) is 62.2 Å². The third kappa shape index (κ3) is 3.64. The van der Waals surface area contributed by atoms with Gasteiger partial charge in [0, 0.05) is 11.5 Å². The zero-order valence-electron chi connectivity index (χ0n) is 21.5. The Morgan fingerprint density at radius 3 is 2.22 bits per heavy atom. The number of carbonyl (C=O) groups is 2. The summed E-state index contributed by atoms with van der Waals surface area (Å²) in [7, 11) is 0. The van der Waals surface area contributed by atoms with E-state index in [1.807, 2.05) is 77.1 Å². The van der Waals surface area contributed by atoms with Gasteiger partial charge in [-0.1, -0.05) is 63.2 Å². The first-order valence-electron chi connectivity index (χ1n) is 12.1. The smallest absolute Gasteiger partial charge is 0.421 e. The Balaban J connectivity index is 1.81. The molecule has 0 bridgehead atoms. The summed E-state index contributed by atoms with van der Waals surface area (Å²) < 4.78 is 5.72. The van der Waals surface area contributed by atoms with E-state index < -0.39 is 17.2 Å². The highest BCUT2D eigenvalue weighted by atomic mass is 32.1. The lowest BCUT2D eigenvalue weighted by Crippen LogP contribution is -2.58. The third-order valence-corrected chi connectivity index (χ3v) is 7.43. The van der Waals surface area contributed by atoms with E-state index in [1.54, 1.807) is 32.1 Å². The lowest BCUT2D eigenvalue weighted by atomic mass is 9.64. The van der Waals surface area contributed by atoms with Gasteiger partial charge in [0.1, 0.15) is 5.60 Å². The van der Waals surface area contributed by atoms with Crippen LogP contribution in [0.3, 0.4) is 0 Å². The summed E-state index contributed by atoms with van der Waals surface area (Å²) in [6.07, 6.45) is -0.679. The van der Waals surface area contributed by atoms with Crippen LogP contribution in [0.1, 0.15) is 52.0 Å². The summed E-state index contributed by atoms with van der Waals surface area (Å²) >= 11 is 1.60. The summed E-state index contributed by atoms with van der Waals surface area (Å²) in [5.41, 5.74) is 0.530. The summed E-state index contributed by atoms with van der Waals surface area (Å²) in [5, 5.41) is 9.02. The van der Waals surface area contributed by atoms with Crippen molar-refractivity contribution in [2.45, 2.75) is 52.7 Å². The molecule has 0 saturated carbocycles. The van der Waals surface area contributed by atoms with E-state index in [2.05, 4.69) is 20.8 Å². The Hall–Kier alpha value is -3.45. The second-order valence-corrected chi connectivity index (χ2v) is 12.3. The van der Waals surface area contributed by atoms with Crippen LogP contribution in [0.4, 0.5) is 16.2 Å². The number of hydrogen-bond donors (Lipinski definition) is 0. The van der Waals surface area contributed by atoms with Crippen LogP contribution in [0.5, 0.6) is 0 Å². The molecule has 5 rings (SSSR count). The molecule has 1 spiro atoms. The van der Waals surface area contributed by atoms with Crippen LogP contribution in [-0.2, 0) is 15.1 Å². The number of hydrogen-bond acceptors (Lipinski definition) is 6. The van der Waals surface area contributed by atoms with Gasteiger partial charge < -0.3 is 4.74 Å². The maximum absolute atomic E-state index is 14.8. The van der Waals surface area contributed by atoms with Crippen molar-refractivity contribution in [3.8, 4) is 0 Å². The molecule has 7 heteroatoms. The van der Waals surface area contributed by atoms with Crippen LogP contribution in [0.15, 0.2) is 77.2 Å². The molecule has 0 N–H and O–H groups in total. The number of rotatable bonds is 2. The van der Waals surface area contributed by atoms with E-state index in [0.29, 0.717) is 5.69 Å². The summed E-state index contributed by atoms with van der Waals surface area (Å²) in [6.45, 7) is 11.8. The minimum absolute atomic E-state index is 0.343. The molecule has 0 fully saturated rings. The number of carbonyl (C=O) groups excluding carboxylic acids is 2. The lowest BCUT2D eigenvalue weighted by Gasteiger charge is -2.43. The first-order chi connectivity index (χ1) is 17.0. The van der Waals surface area contributed by atoms with Gasteiger partial charge in [-0.05, 0) is 55.8 Å². The Labute approximate surface area is 216 Å². The summed E-state index contributed by atoms with van der Waals surface area (Å²) in [6, 6.07) is 21.3. The Bertz CT molecular complexity index is 1340. The van der Waals surface area contributed by atoms with E-state index in [0.717, 1.165) is 21.8 Å². The minimum atomic E-state index is -1.26. The SMILES string of the molecule is CC(C)(C)OC(=O)N1C(=O)[C@@]2(c3ccccc31)[C@H](C(C)(C)C)C(c1cccs1)=NN2c1ccccc1. The second-order valence-electron chi connectivity index (χ2n) is 11.3. The highest BCUT2D eigenvalue weighted by Gasteiger charge is 2.68. The second kappa shape index (κ2) is 8.30. The van der Waals surface area contributed by atoms with Gasteiger partial charge in [0.25, 0.3) is 5.91 Å². The molecule has 186 valence electrons. The van der Waals surface area contributed by atoms with Crippen LogP contribution in [-0.4, -0.2) is 23.3 Å². The molecule has 2 aromatic carbocycles. The molecule has 6 nitrogen and oxygen atoms in total. The van der Waals surface area contributed by atoms with Crippen molar-refractivity contribution in [3.05, 3.63) is 82.6 Å². The first kappa shape index (κ1) is 24.3. The van der Waals surface area contributed by atoms with Gasteiger partial charge in [-0.25, -0.2) is 14.7 Å². The molecule has 2 aliphatic heterocycles. The van der Waals surface area contributed by atoms with Gasteiger partial charge in [-0.3, -0.25) is 4.79 Å². The van der Waals surface area contributed by atoms with Crippen molar-refractivity contribution < 1.29 is 14.3 Å². The fourth-order valence-corrected chi connectivity index (χ4v) is 6.15. The maximum Gasteiger partial charge on any atom is 0.421 e. The number of fused-ring (bicyclic) bond motifs is 2. The molecular formula is C29H31N3O3S. The van der Waals surface area contributed by atoms with Crippen molar-refractivity contribution in [1.29, 1.82) is 0 Å². The number of nitrogens with zero attached hydrogens (tertiary/aromatic N) is 3. The monoisotopic (exact) mass is 501 g/mol. The molecular weight excluding hydrogens is 470 g/mol. The fourth-order valence-electron chi connectivity index (χ4n) is 5.41. The molecule has 2 aliphatic rings. The van der Waals surface area contributed by atoms with E-state index in [4.69, 9.17) is 9.84 Å².